The van der Waals surface area contributed by atoms with Gasteiger partial charge in [0.15, 0.2) is 11.3 Å². The van der Waals surface area contributed by atoms with Crippen molar-refractivity contribution in [3.63, 3.8) is 0 Å². The summed E-state index contributed by atoms with van der Waals surface area (Å²) in [6.45, 7) is 1.88. The summed E-state index contributed by atoms with van der Waals surface area (Å²) in [6, 6.07) is 11.2. The van der Waals surface area contributed by atoms with Crippen molar-refractivity contribution in [2.24, 2.45) is 0 Å². The summed E-state index contributed by atoms with van der Waals surface area (Å²) in [5, 5.41) is 4.70. The van der Waals surface area contributed by atoms with Crippen LogP contribution in [0.1, 0.15) is 23.3 Å². The Morgan fingerprint density at radius 3 is 2.56 bits per heavy atom. The van der Waals surface area contributed by atoms with Crippen LogP contribution < -0.4 is 10.6 Å². The molecule has 1 saturated heterocycles. The van der Waals surface area contributed by atoms with Crippen LogP contribution in [0, 0.1) is 0 Å². The zero-order valence-corrected chi connectivity index (χ0v) is 14.0. The highest BCUT2D eigenvalue weighted by atomic mass is 16.5. The molecule has 7 heteroatoms. The van der Waals surface area contributed by atoms with Crippen molar-refractivity contribution >= 4 is 23.1 Å². The van der Waals surface area contributed by atoms with Crippen molar-refractivity contribution in [1.82, 2.24) is 14.6 Å². The van der Waals surface area contributed by atoms with Crippen molar-refractivity contribution in [3.05, 3.63) is 42.1 Å². The summed E-state index contributed by atoms with van der Waals surface area (Å²) >= 11 is 0. The highest BCUT2D eigenvalue weighted by Crippen LogP contribution is 2.26. The molecule has 2 aromatic heterocycles. The van der Waals surface area contributed by atoms with Crippen molar-refractivity contribution in [3.8, 4) is 11.3 Å². The molecule has 0 spiro atoms. The molecule has 1 fully saturated rings. The molecule has 25 heavy (non-hydrogen) atoms. The van der Waals surface area contributed by atoms with Crippen LogP contribution in [0.5, 0.6) is 0 Å². The minimum Gasteiger partial charge on any atom is -0.464 e. The molecule has 2 N–H and O–H groups in total. The number of anilines is 2. The maximum atomic E-state index is 12.0. The number of hydrogen-bond donors (Lipinski definition) is 1. The molecular formula is C18H19N5O2. The van der Waals surface area contributed by atoms with Gasteiger partial charge in [-0.3, -0.25) is 0 Å². The fraction of sp³-hybridized carbons (Fsp3) is 0.278. The molecule has 0 aliphatic carbocycles. The molecule has 3 heterocycles. The van der Waals surface area contributed by atoms with E-state index in [2.05, 4.69) is 9.88 Å². The van der Waals surface area contributed by atoms with E-state index in [0.717, 1.165) is 43.0 Å². The summed E-state index contributed by atoms with van der Waals surface area (Å²) in [5.74, 6) is 0.419. The number of methoxy groups -OCH3 is 1. The topological polar surface area (TPSA) is 85.8 Å². The number of fused-ring (bicyclic) bond motifs is 1. The highest BCUT2D eigenvalue weighted by Gasteiger charge is 2.21. The highest BCUT2D eigenvalue weighted by molar-refractivity contribution is 5.89. The second-order valence-electron chi connectivity index (χ2n) is 6.11. The number of carbonyl (C=O) groups is 1. The molecule has 0 bridgehead atoms. The lowest BCUT2D eigenvalue weighted by Crippen LogP contribution is -2.22. The Kier molecular flexibility index (Phi) is 3.76. The van der Waals surface area contributed by atoms with Gasteiger partial charge in [-0.15, -0.1) is 0 Å². The number of hydrogen-bond acceptors (Lipinski definition) is 6. The molecule has 3 aromatic rings. The van der Waals surface area contributed by atoms with Gasteiger partial charge in [-0.2, -0.15) is 9.61 Å². The number of rotatable bonds is 3. The van der Waals surface area contributed by atoms with Crippen LogP contribution in [0.3, 0.4) is 0 Å². The number of ether oxygens (including phenoxy) is 1. The lowest BCUT2D eigenvalue weighted by Gasteiger charge is -2.18. The number of carbonyl (C=O) groups excluding carboxylic acids is 1. The normalized spacial score (nSPS) is 14.2. The first-order valence-corrected chi connectivity index (χ1v) is 8.26. The maximum absolute atomic E-state index is 12.0. The molecule has 0 amide bonds. The molecule has 7 nitrogen and oxygen atoms in total. The Hall–Kier alpha value is -3.09. The van der Waals surface area contributed by atoms with Crippen molar-refractivity contribution in [2.45, 2.75) is 12.8 Å². The molecule has 0 saturated carbocycles. The van der Waals surface area contributed by atoms with E-state index in [4.69, 9.17) is 15.6 Å². The van der Waals surface area contributed by atoms with Gasteiger partial charge < -0.3 is 15.4 Å². The van der Waals surface area contributed by atoms with Crippen LogP contribution in [-0.2, 0) is 4.74 Å². The number of nitrogens with two attached hydrogens (primary N) is 1. The third-order valence-electron chi connectivity index (χ3n) is 4.44. The smallest absolute Gasteiger partial charge is 0.356 e. The van der Waals surface area contributed by atoms with Gasteiger partial charge in [0.1, 0.15) is 5.82 Å². The van der Waals surface area contributed by atoms with Crippen LogP contribution in [0.25, 0.3) is 16.9 Å². The third-order valence-corrected chi connectivity index (χ3v) is 4.44. The van der Waals surface area contributed by atoms with E-state index in [-0.39, 0.29) is 0 Å². The van der Waals surface area contributed by atoms with Crippen molar-refractivity contribution < 1.29 is 9.53 Å². The van der Waals surface area contributed by atoms with E-state index in [9.17, 15) is 4.79 Å². The Bertz CT molecular complexity index is 927. The summed E-state index contributed by atoms with van der Waals surface area (Å²) in [6.07, 6.45) is 2.26. The number of aromatic nitrogens is 3. The second-order valence-corrected chi connectivity index (χ2v) is 6.11. The Balaban J connectivity index is 1.87. The SMILES string of the molecule is COC(=O)c1cc(N2CCCC2)n2nc(-c3ccc(N)cc3)cc2n1. The van der Waals surface area contributed by atoms with Gasteiger partial charge in [-0.25, -0.2) is 9.78 Å². The zero-order valence-electron chi connectivity index (χ0n) is 14.0. The molecule has 0 unspecified atom stereocenters. The average Bonchev–Trinajstić information content (AvgIpc) is 3.30. The first kappa shape index (κ1) is 15.4. The van der Waals surface area contributed by atoms with E-state index in [1.54, 1.807) is 10.6 Å². The van der Waals surface area contributed by atoms with Gasteiger partial charge in [-0.1, -0.05) is 12.1 Å². The van der Waals surface area contributed by atoms with Crippen LogP contribution >= 0.6 is 0 Å². The van der Waals surface area contributed by atoms with Crippen molar-refractivity contribution in [1.29, 1.82) is 0 Å². The van der Waals surface area contributed by atoms with Crippen LogP contribution in [-0.4, -0.2) is 40.8 Å². The van der Waals surface area contributed by atoms with E-state index in [1.165, 1.54) is 7.11 Å². The van der Waals surface area contributed by atoms with E-state index < -0.39 is 5.97 Å². The van der Waals surface area contributed by atoms with Crippen LogP contribution in [0.15, 0.2) is 36.4 Å². The van der Waals surface area contributed by atoms with Gasteiger partial charge >= 0.3 is 5.97 Å². The van der Waals surface area contributed by atoms with Crippen LogP contribution in [0.2, 0.25) is 0 Å². The summed E-state index contributed by atoms with van der Waals surface area (Å²) in [5.41, 5.74) is 9.12. The largest absolute Gasteiger partial charge is 0.464 e. The van der Waals surface area contributed by atoms with E-state index >= 15 is 0 Å². The molecule has 1 aromatic carbocycles. The molecule has 1 aliphatic heterocycles. The fourth-order valence-corrected chi connectivity index (χ4v) is 3.13. The summed E-state index contributed by atoms with van der Waals surface area (Å²) < 4.78 is 6.64. The Morgan fingerprint density at radius 1 is 1.16 bits per heavy atom. The predicted molar refractivity (Wildman–Crippen MR) is 95.6 cm³/mol. The van der Waals surface area contributed by atoms with Crippen molar-refractivity contribution in [2.75, 3.05) is 30.8 Å². The lowest BCUT2D eigenvalue weighted by atomic mass is 10.1. The summed E-state index contributed by atoms with van der Waals surface area (Å²) in [7, 11) is 1.36. The lowest BCUT2D eigenvalue weighted by molar-refractivity contribution is 0.0594. The number of benzene rings is 1. The molecule has 0 atom stereocenters. The first-order valence-electron chi connectivity index (χ1n) is 8.26. The first-order chi connectivity index (χ1) is 12.2. The Morgan fingerprint density at radius 2 is 1.88 bits per heavy atom. The maximum Gasteiger partial charge on any atom is 0.356 e. The van der Waals surface area contributed by atoms with E-state index in [1.807, 2.05) is 30.3 Å². The van der Waals surface area contributed by atoms with Gasteiger partial charge in [0, 0.05) is 36.5 Å². The molecule has 128 valence electrons. The predicted octanol–water partition coefficient (Wildman–Crippen LogP) is 2.37. The Labute approximate surface area is 145 Å². The molecule has 0 radical (unpaired) electrons. The minimum absolute atomic E-state index is 0.292. The minimum atomic E-state index is -0.446. The molecule has 4 rings (SSSR count). The van der Waals surface area contributed by atoms with Gasteiger partial charge in [-0.05, 0) is 25.0 Å². The molecule has 1 aliphatic rings. The number of nitrogen functional groups attached to an aromatic ring is 1. The van der Waals surface area contributed by atoms with E-state index in [0.29, 0.717) is 17.0 Å². The quantitative estimate of drug-likeness (QED) is 0.583. The number of nitrogens with zero attached hydrogens (tertiary/aromatic N) is 4. The summed E-state index contributed by atoms with van der Waals surface area (Å²) in [4.78, 5) is 18.6. The van der Waals surface area contributed by atoms with Gasteiger partial charge in [0.2, 0.25) is 0 Å². The fourth-order valence-electron chi connectivity index (χ4n) is 3.13. The average molecular weight is 337 g/mol. The second kappa shape index (κ2) is 6.08. The molecular weight excluding hydrogens is 318 g/mol. The van der Waals surface area contributed by atoms with Crippen LogP contribution in [0.4, 0.5) is 11.5 Å². The van der Waals surface area contributed by atoms with Gasteiger partial charge in [0.25, 0.3) is 0 Å². The standard InChI is InChI=1S/C18H19N5O2/c1-25-18(24)15-11-17(22-8-2-3-9-22)23-16(20-15)10-14(21-23)12-4-6-13(19)7-5-12/h4-7,10-11H,2-3,8-9,19H2,1H3. The third kappa shape index (κ3) is 2.77. The van der Waals surface area contributed by atoms with Gasteiger partial charge in [0.05, 0.1) is 12.8 Å². The number of esters is 1. The monoisotopic (exact) mass is 337 g/mol. The zero-order chi connectivity index (χ0) is 17.4.